The number of carbonyl (C=O) groups excluding carboxylic acids is 2. The molecule has 3 atom stereocenters. The maximum absolute atomic E-state index is 13.8. The molecule has 3 unspecified atom stereocenters. The normalized spacial score (nSPS) is 21.4. The molecule has 36 heavy (non-hydrogen) atoms. The summed E-state index contributed by atoms with van der Waals surface area (Å²) in [7, 11) is 0. The van der Waals surface area contributed by atoms with Crippen molar-refractivity contribution in [2.45, 2.75) is 31.0 Å². The molecule has 186 valence electrons. The summed E-state index contributed by atoms with van der Waals surface area (Å²) in [6.45, 7) is 1.08. The molecule has 0 radical (unpaired) electrons. The number of nitrogens with one attached hydrogen (secondary N) is 1. The number of fused-ring (bicyclic) bond motifs is 1. The molecule has 3 aromatic carbocycles. The maximum atomic E-state index is 13.8. The Balaban J connectivity index is 1.53. The lowest BCUT2D eigenvalue weighted by atomic mass is 9.78. The van der Waals surface area contributed by atoms with Crippen LogP contribution in [0.3, 0.4) is 0 Å². The topological polar surface area (TPSA) is 67.9 Å². The van der Waals surface area contributed by atoms with Crippen LogP contribution in [-0.4, -0.2) is 36.0 Å². The third-order valence-corrected chi connectivity index (χ3v) is 7.38. The van der Waals surface area contributed by atoms with Gasteiger partial charge in [0, 0.05) is 27.2 Å². The van der Waals surface area contributed by atoms with Crippen LogP contribution in [0.15, 0.2) is 66.7 Å². The van der Waals surface area contributed by atoms with Crippen molar-refractivity contribution in [1.82, 2.24) is 10.4 Å². The van der Waals surface area contributed by atoms with Crippen molar-refractivity contribution in [3.63, 3.8) is 0 Å². The molecule has 2 aliphatic heterocycles. The van der Waals surface area contributed by atoms with E-state index in [2.05, 4.69) is 5.48 Å². The Morgan fingerprint density at radius 2 is 1.75 bits per heavy atom. The number of amides is 2. The first-order valence-electron chi connectivity index (χ1n) is 11.5. The number of hydroxylamine groups is 1. The summed E-state index contributed by atoms with van der Waals surface area (Å²) in [5.41, 5.74) is 5.17. The van der Waals surface area contributed by atoms with Gasteiger partial charge in [0.05, 0.1) is 31.2 Å². The zero-order valence-corrected chi connectivity index (χ0v) is 21.4. The minimum Gasteiger partial charge on any atom is -0.379 e. The molecule has 0 saturated carbocycles. The Labute approximate surface area is 224 Å². The van der Waals surface area contributed by atoms with Crippen LogP contribution in [0.4, 0.5) is 0 Å². The number of benzene rings is 3. The zero-order valence-electron chi connectivity index (χ0n) is 19.1. The molecule has 3 aromatic rings. The highest BCUT2D eigenvalue weighted by atomic mass is 35.5. The van der Waals surface area contributed by atoms with Crippen LogP contribution in [0.25, 0.3) is 0 Å². The first-order valence-corrected chi connectivity index (χ1v) is 12.7. The van der Waals surface area contributed by atoms with Gasteiger partial charge in [-0.25, -0.2) is 5.48 Å². The lowest BCUT2D eigenvalue weighted by Gasteiger charge is -2.44. The Hall–Kier alpha value is -2.61. The number of hydrogen-bond acceptors (Lipinski definition) is 4. The summed E-state index contributed by atoms with van der Waals surface area (Å²) in [5, 5.41) is 1.46. The second-order valence-corrected chi connectivity index (χ2v) is 10.1. The van der Waals surface area contributed by atoms with E-state index in [0.717, 1.165) is 5.56 Å². The highest BCUT2D eigenvalue weighted by Gasteiger charge is 2.48. The maximum Gasteiger partial charge on any atom is 0.255 e. The standard InChI is InChI=1S/C27H23Cl3N2O4/c28-17-7-5-16(6-8-17)14-36-31-26(33)24-20-3-1-2-4-21(20)27(34)32(19-11-12-35-15-19)25(24)22-10-9-18(29)13-23(22)30/h1-10,13,19,24-25H,11-12,14-15H2,(H,31,33). The third kappa shape index (κ3) is 4.97. The van der Waals surface area contributed by atoms with E-state index in [1.54, 1.807) is 53.4 Å². The molecule has 1 saturated heterocycles. The third-order valence-electron chi connectivity index (χ3n) is 6.56. The fourth-order valence-corrected chi connectivity index (χ4v) is 5.53. The van der Waals surface area contributed by atoms with E-state index in [1.165, 1.54) is 0 Å². The molecule has 5 rings (SSSR count). The molecule has 2 heterocycles. The van der Waals surface area contributed by atoms with Gasteiger partial charge < -0.3 is 9.64 Å². The fourth-order valence-electron chi connectivity index (χ4n) is 4.88. The van der Waals surface area contributed by atoms with Gasteiger partial charge in [-0.2, -0.15) is 0 Å². The van der Waals surface area contributed by atoms with Crippen LogP contribution in [0.1, 0.15) is 45.4 Å². The van der Waals surface area contributed by atoms with E-state index in [9.17, 15) is 9.59 Å². The summed E-state index contributed by atoms with van der Waals surface area (Å²) in [6, 6.07) is 18.5. The van der Waals surface area contributed by atoms with Crippen molar-refractivity contribution in [1.29, 1.82) is 0 Å². The minimum atomic E-state index is -0.775. The summed E-state index contributed by atoms with van der Waals surface area (Å²) in [5.74, 6) is -1.32. The van der Waals surface area contributed by atoms with Gasteiger partial charge in [0.15, 0.2) is 0 Å². The number of carbonyl (C=O) groups is 2. The van der Waals surface area contributed by atoms with Gasteiger partial charge in [-0.05, 0) is 53.4 Å². The van der Waals surface area contributed by atoms with E-state index >= 15 is 0 Å². The van der Waals surface area contributed by atoms with Crippen molar-refractivity contribution >= 4 is 46.6 Å². The number of rotatable bonds is 6. The van der Waals surface area contributed by atoms with E-state index < -0.39 is 12.0 Å². The molecule has 2 amide bonds. The molecule has 0 spiro atoms. The van der Waals surface area contributed by atoms with Gasteiger partial charge in [-0.1, -0.05) is 71.2 Å². The number of halogens is 3. The second kappa shape index (κ2) is 10.8. The van der Waals surface area contributed by atoms with E-state index in [0.29, 0.717) is 51.4 Å². The predicted octanol–water partition coefficient (Wildman–Crippen LogP) is 5.96. The average molecular weight is 546 g/mol. The van der Waals surface area contributed by atoms with Crippen LogP contribution in [-0.2, 0) is 21.0 Å². The lowest BCUT2D eigenvalue weighted by molar-refractivity contribution is -0.138. The Bertz CT molecular complexity index is 1280. The van der Waals surface area contributed by atoms with Crippen LogP contribution in [0.5, 0.6) is 0 Å². The van der Waals surface area contributed by atoms with Gasteiger partial charge in [0.1, 0.15) is 0 Å². The molecule has 0 aliphatic carbocycles. The predicted molar refractivity (Wildman–Crippen MR) is 138 cm³/mol. The molecular formula is C27H23Cl3N2O4. The highest BCUT2D eigenvalue weighted by molar-refractivity contribution is 6.35. The molecule has 0 aromatic heterocycles. The Kier molecular flexibility index (Phi) is 7.51. The summed E-state index contributed by atoms with van der Waals surface area (Å²) < 4.78 is 5.62. The van der Waals surface area contributed by atoms with Gasteiger partial charge in [0.25, 0.3) is 11.8 Å². The molecule has 9 heteroatoms. The van der Waals surface area contributed by atoms with E-state index in [1.807, 2.05) is 18.2 Å². The first-order chi connectivity index (χ1) is 17.4. The summed E-state index contributed by atoms with van der Waals surface area (Å²) >= 11 is 18.8. The van der Waals surface area contributed by atoms with Crippen molar-refractivity contribution in [2.24, 2.45) is 0 Å². The van der Waals surface area contributed by atoms with Gasteiger partial charge in [-0.3, -0.25) is 14.4 Å². The van der Waals surface area contributed by atoms with Crippen molar-refractivity contribution in [2.75, 3.05) is 13.2 Å². The Morgan fingerprint density at radius 3 is 2.47 bits per heavy atom. The van der Waals surface area contributed by atoms with Crippen LogP contribution in [0.2, 0.25) is 15.1 Å². The van der Waals surface area contributed by atoms with Crippen molar-refractivity contribution in [3.05, 3.63) is 104 Å². The fraction of sp³-hybridized carbons (Fsp3) is 0.259. The molecule has 2 aliphatic rings. The lowest BCUT2D eigenvalue weighted by Crippen LogP contribution is -2.51. The van der Waals surface area contributed by atoms with E-state index in [-0.39, 0.29) is 24.5 Å². The van der Waals surface area contributed by atoms with Gasteiger partial charge >= 0.3 is 0 Å². The summed E-state index contributed by atoms with van der Waals surface area (Å²) in [6.07, 6.45) is 0.664. The summed E-state index contributed by atoms with van der Waals surface area (Å²) in [4.78, 5) is 34.9. The van der Waals surface area contributed by atoms with Crippen LogP contribution < -0.4 is 5.48 Å². The molecule has 0 bridgehead atoms. The van der Waals surface area contributed by atoms with Gasteiger partial charge in [0.2, 0.25) is 0 Å². The first kappa shape index (κ1) is 25.1. The molecule has 6 nitrogen and oxygen atoms in total. The van der Waals surface area contributed by atoms with Crippen molar-refractivity contribution in [3.8, 4) is 0 Å². The number of hydrogen-bond donors (Lipinski definition) is 1. The largest absolute Gasteiger partial charge is 0.379 e. The zero-order chi connectivity index (χ0) is 25.2. The Morgan fingerprint density at radius 1 is 1.00 bits per heavy atom. The minimum absolute atomic E-state index is 0.156. The second-order valence-electron chi connectivity index (χ2n) is 8.79. The molecule has 1 N–H and O–H groups in total. The number of nitrogens with zero attached hydrogens (tertiary/aromatic N) is 1. The molecular weight excluding hydrogens is 523 g/mol. The smallest absolute Gasteiger partial charge is 0.255 e. The SMILES string of the molecule is O=C(NOCc1ccc(Cl)cc1)C1c2ccccc2C(=O)N(C2CCOC2)C1c1ccc(Cl)cc1Cl. The monoisotopic (exact) mass is 544 g/mol. The molecule has 1 fully saturated rings. The number of ether oxygens (including phenoxy) is 1. The van der Waals surface area contributed by atoms with Gasteiger partial charge in [-0.15, -0.1) is 0 Å². The average Bonchev–Trinajstić information content (AvgIpc) is 3.40. The van der Waals surface area contributed by atoms with Crippen molar-refractivity contribution < 1.29 is 19.2 Å². The highest BCUT2D eigenvalue weighted by Crippen LogP contribution is 2.47. The van der Waals surface area contributed by atoms with Crippen LogP contribution in [0, 0.1) is 0 Å². The van der Waals surface area contributed by atoms with E-state index in [4.69, 9.17) is 44.4 Å². The quantitative estimate of drug-likeness (QED) is 0.388. The van der Waals surface area contributed by atoms with Crippen LogP contribution >= 0.6 is 34.8 Å².